The van der Waals surface area contributed by atoms with E-state index < -0.39 is 0 Å². The number of ether oxygens (including phenoxy) is 1. The molecule has 1 fully saturated rings. The van der Waals surface area contributed by atoms with Gasteiger partial charge in [-0.25, -0.2) is 0 Å². The van der Waals surface area contributed by atoms with Crippen LogP contribution >= 0.6 is 0 Å². The van der Waals surface area contributed by atoms with Crippen LogP contribution in [-0.4, -0.2) is 40.4 Å². The summed E-state index contributed by atoms with van der Waals surface area (Å²) in [5, 5.41) is 11.2. The van der Waals surface area contributed by atoms with Gasteiger partial charge in [0.15, 0.2) is 0 Å². The summed E-state index contributed by atoms with van der Waals surface area (Å²) in [7, 11) is 0. The van der Waals surface area contributed by atoms with E-state index in [0.29, 0.717) is 6.61 Å². The average Bonchev–Trinajstić information content (AvgIpc) is 3.12. The normalized spacial score (nSPS) is 21.3. The van der Waals surface area contributed by atoms with E-state index in [-0.39, 0.29) is 18.8 Å². The first-order valence-electron chi connectivity index (χ1n) is 9.40. The molecule has 4 heteroatoms. The number of nitrogens with zero attached hydrogens (tertiary/aromatic N) is 2. The van der Waals surface area contributed by atoms with Crippen LogP contribution in [0.15, 0.2) is 60.8 Å². The number of morpholine rings is 1. The van der Waals surface area contributed by atoms with Gasteiger partial charge >= 0.3 is 0 Å². The first-order chi connectivity index (χ1) is 12.8. The number of aliphatic hydroxyl groups is 1. The van der Waals surface area contributed by atoms with Crippen molar-refractivity contribution in [2.75, 3.05) is 19.8 Å². The van der Waals surface area contributed by atoms with E-state index in [1.54, 1.807) is 0 Å². The lowest BCUT2D eigenvalue weighted by Gasteiger charge is -2.41. The van der Waals surface area contributed by atoms with E-state index >= 15 is 0 Å². The maximum absolute atomic E-state index is 9.86. The second kappa shape index (κ2) is 7.62. The lowest BCUT2D eigenvalue weighted by atomic mass is 9.97. The second-order valence-electron chi connectivity index (χ2n) is 6.87. The van der Waals surface area contributed by atoms with Crippen molar-refractivity contribution in [2.45, 2.75) is 32.2 Å². The van der Waals surface area contributed by atoms with E-state index in [2.05, 4.69) is 71.1 Å². The smallest absolute Gasteiger partial charge is 0.100 e. The Morgan fingerprint density at radius 3 is 2.69 bits per heavy atom. The van der Waals surface area contributed by atoms with Gasteiger partial charge in [0.25, 0.3) is 0 Å². The number of benzene rings is 2. The molecule has 0 unspecified atom stereocenters. The predicted molar refractivity (Wildman–Crippen MR) is 104 cm³/mol. The summed E-state index contributed by atoms with van der Waals surface area (Å²) in [4.78, 5) is 2.44. The summed E-state index contributed by atoms with van der Waals surface area (Å²) >= 11 is 0. The van der Waals surface area contributed by atoms with Gasteiger partial charge in [0.2, 0.25) is 0 Å². The van der Waals surface area contributed by atoms with Crippen LogP contribution in [0.5, 0.6) is 0 Å². The largest absolute Gasteiger partial charge is 0.394 e. The molecule has 0 bridgehead atoms. The molecule has 0 spiro atoms. The standard InChI is InChI=1S/C22H26N2O2/c1-2-23-12-11-19-18(9-6-10-20(19)23)15-24-13-14-26-21(16-25)22(24)17-7-4-3-5-8-17/h3-12,21-22,25H,2,13-16H2,1H3/t21-,22-/m0/s1. The van der Waals surface area contributed by atoms with Gasteiger partial charge in [-0.3, -0.25) is 4.90 Å². The third-order valence-corrected chi connectivity index (χ3v) is 5.40. The lowest BCUT2D eigenvalue weighted by molar-refractivity contribution is -0.0959. The minimum atomic E-state index is -0.189. The maximum Gasteiger partial charge on any atom is 0.100 e. The summed E-state index contributed by atoms with van der Waals surface area (Å²) in [6.45, 7) is 5.55. The van der Waals surface area contributed by atoms with Crippen LogP contribution in [0.3, 0.4) is 0 Å². The van der Waals surface area contributed by atoms with Crippen molar-refractivity contribution in [1.82, 2.24) is 9.47 Å². The molecule has 0 aliphatic carbocycles. The zero-order chi connectivity index (χ0) is 17.9. The van der Waals surface area contributed by atoms with Gasteiger partial charge in [-0.1, -0.05) is 42.5 Å². The van der Waals surface area contributed by atoms with Crippen LogP contribution in [0.2, 0.25) is 0 Å². The van der Waals surface area contributed by atoms with Crippen LogP contribution in [0.4, 0.5) is 0 Å². The first kappa shape index (κ1) is 17.3. The molecule has 26 heavy (non-hydrogen) atoms. The predicted octanol–water partition coefficient (Wildman–Crippen LogP) is 3.60. The summed E-state index contributed by atoms with van der Waals surface area (Å²) in [5.74, 6) is 0. The van der Waals surface area contributed by atoms with E-state index in [1.165, 1.54) is 22.0 Å². The number of hydrogen-bond acceptors (Lipinski definition) is 3. The summed E-state index contributed by atoms with van der Waals surface area (Å²) in [6.07, 6.45) is 1.98. The molecule has 1 aliphatic heterocycles. The molecule has 2 heterocycles. The Labute approximate surface area is 154 Å². The SMILES string of the molecule is CCn1ccc2c(CN3CCO[C@@H](CO)[C@@H]3c3ccccc3)cccc21. The Morgan fingerprint density at radius 2 is 1.92 bits per heavy atom. The lowest BCUT2D eigenvalue weighted by Crippen LogP contribution is -2.46. The Kier molecular flexibility index (Phi) is 5.07. The molecule has 2 aromatic carbocycles. The molecule has 4 rings (SSSR count). The van der Waals surface area contributed by atoms with Crippen LogP contribution in [0, 0.1) is 0 Å². The zero-order valence-electron chi connectivity index (χ0n) is 15.2. The Morgan fingerprint density at radius 1 is 1.08 bits per heavy atom. The highest BCUT2D eigenvalue weighted by Crippen LogP contribution is 2.32. The van der Waals surface area contributed by atoms with Crippen molar-refractivity contribution in [3.8, 4) is 0 Å². The highest BCUT2D eigenvalue weighted by atomic mass is 16.5. The van der Waals surface area contributed by atoms with Gasteiger partial charge in [-0.15, -0.1) is 0 Å². The Bertz CT molecular complexity index is 859. The molecule has 3 aromatic rings. The van der Waals surface area contributed by atoms with Crippen LogP contribution < -0.4 is 0 Å². The van der Waals surface area contributed by atoms with Gasteiger partial charge in [0.05, 0.1) is 19.3 Å². The molecule has 1 saturated heterocycles. The molecule has 0 saturated carbocycles. The van der Waals surface area contributed by atoms with Crippen LogP contribution in [0.1, 0.15) is 24.1 Å². The van der Waals surface area contributed by atoms with E-state index in [4.69, 9.17) is 4.74 Å². The Hall–Kier alpha value is -2.14. The molecule has 0 amide bonds. The third kappa shape index (κ3) is 3.16. The highest BCUT2D eigenvalue weighted by Gasteiger charge is 2.33. The highest BCUT2D eigenvalue weighted by molar-refractivity contribution is 5.83. The minimum absolute atomic E-state index is 0.0342. The van der Waals surface area contributed by atoms with Gasteiger partial charge in [0.1, 0.15) is 6.10 Å². The zero-order valence-corrected chi connectivity index (χ0v) is 15.2. The number of aryl methyl sites for hydroxylation is 1. The molecule has 0 radical (unpaired) electrons. The Balaban J connectivity index is 1.68. The number of fused-ring (bicyclic) bond motifs is 1. The van der Waals surface area contributed by atoms with Crippen molar-refractivity contribution in [2.24, 2.45) is 0 Å². The van der Waals surface area contributed by atoms with Gasteiger partial charge in [-0.2, -0.15) is 0 Å². The maximum atomic E-state index is 9.86. The summed E-state index contributed by atoms with van der Waals surface area (Å²) in [5.41, 5.74) is 3.81. The molecule has 1 aliphatic rings. The number of hydrogen-bond donors (Lipinski definition) is 1. The first-order valence-corrected chi connectivity index (χ1v) is 9.40. The fourth-order valence-electron chi connectivity index (χ4n) is 4.11. The topological polar surface area (TPSA) is 37.6 Å². The molecule has 4 nitrogen and oxygen atoms in total. The summed E-state index contributed by atoms with van der Waals surface area (Å²) < 4.78 is 8.16. The monoisotopic (exact) mass is 350 g/mol. The van der Waals surface area contributed by atoms with Gasteiger partial charge in [0, 0.05) is 36.7 Å². The number of aromatic nitrogens is 1. The number of rotatable bonds is 5. The van der Waals surface area contributed by atoms with Gasteiger partial charge < -0.3 is 14.4 Å². The second-order valence-corrected chi connectivity index (χ2v) is 6.87. The van der Waals surface area contributed by atoms with Crippen LogP contribution in [0.25, 0.3) is 10.9 Å². The summed E-state index contributed by atoms with van der Waals surface area (Å²) in [6, 6.07) is 19.2. The van der Waals surface area contributed by atoms with Crippen molar-refractivity contribution < 1.29 is 9.84 Å². The van der Waals surface area contributed by atoms with E-state index in [0.717, 1.165) is 19.6 Å². The van der Waals surface area contributed by atoms with Crippen molar-refractivity contribution >= 4 is 10.9 Å². The average molecular weight is 350 g/mol. The molecule has 136 valence electrons. The van der Waals surface area contributed by atoms with E-state index in [9.17, 15) is 5.11 Å². The number of aliphatic hydroxyl groups excluding tert-OH is 1. The van der Waals surface area contributed by atoms with Crippen LogP contribution in [-0.2, 0) is 17.8 Å². The molecule has 2 atom stereocenters. The fourth-order valence-corrected chi connectivity index (χ4v) is 4.11. The minimum Gasteiger partial charge on any atom is -0.394 e. The molecule has 1 N–H and O–H groups in total. The molecular weight excluding hydrogens is 324 g/mol. The molecular formula is C22H26N2O2. The molecule has 1 aromatic heterocycles. The van der Waals surface area contributed by atoms with Crippen molar-refractivity contribution in [3.63, 3.8) is 0 Å². The van der Waals surface area contributed by atoms with E-state index in [1.807, 2.05) is 6.07 Å². The van der Waals surface area contributed by atoms with Crippen molar-refractivity contribution in [1.29, 1.82) is 0 Å². The van der Waals surface area contributed by atoms with Crippen molar-refractivity contribution in [3.05, 3.63) is 71.9 Å². The fraction of sp³-hybridized carbons (Fsp3) is 0.364. The third-order valence-electron chi connectivity index (χ3n) is 5.40. The quantitative estimate of drug-likeness (QED) is 0.764. The van der Waals surface area contributed by atoms with Gasteiger partial charge in [-0.05, 0) is 30.2 Å².